The summed E-state index contributed by atoms with van der Waals surface area (Å²) in [4.78, 5) is 34.2. The molecule has 134 valence electrons. The van der Waals surface area contributed by atoms with Gasteiger partial charge >= 0.3 is 0 Å². The smallest absolute Gasteiger partial charge is 0.259 e. The zero-order valence-electron chi connectivity index (χ0n) is 14.3. The van der Waals surface area contributed by atoms with Gasteiger partial charge in [-0.25, -0.2) is 4.98 Å². The number of amides is 1. The van der Waals surface area contributed by atoms with Crippen LogP contribution < -0.4 is 10.9 Å². The molecule has 0 atom stereocenters. The fourth-order valence-corrected chi connectivity index (χ4v) is 4.87. The van der Waals surface area contributed by atoms with Gasteiger partial charge in [-0.2, -0.15) is 0 Å². The van der Waals surface area contributed by atoms with Gasteiger partial charge in [-0.1, -0.05) is 15.9 Å². The molecule has 5 nitrogen and oxygen atoms in total. The molecule has 0 saturated heterocycles. The molecule has 0 radical (unpaired) electrons. The molecule has 0 saturated carbocycles. The molecule has 0 spiro atoms. The van der Waals surface area contributed by atoms with E-state index < -0.39 is 0 Å². The van der Waals surface area contributed by atoms with Crippen molar-refractivity contribution in [2.24, 2.45) is 0 Å². The highest BCUT2D eigenvalue weighted by molar-refractivity contribution is 9.10. The Labute approximate surface area is 163 Å². The maximum Gasteiger partial charge on any atom is 0.259 e. The van der Waals surface area contributed by atoms with Crippen LogP contribution in [0.2, 0.25) is 0 Å². The second-order valence-electron chi connectivity index (χ2n) is 6.56. The van der Waals surface area contributed by atoms with Crippen LogP contribution in [0, 0.1) is 6.92 Å². The van der Waals surface area contributed by atoms with Crippen LogP contribution >= 0.6 is 27.3 Å². The molecule has 2 N–H and O–H groups in total. The highest BCUT2D eigenvalue weighted by atomic mass is 79.9. The van der Waals surface area contributed by atoms with Gasteiger partial charge in [-0.15, -0.1) is 11.3 Å². The van der Waals surface area contributed by atoms with E-state index in [0.717, 1.165) is 45.2 Å². The number of aryl methyl sites for hydroxylation is 4. The Morgan fingerprint density at radius 2 is 2.23 bits per heavy atom. The van der Waals surface area contributed by atoms with Gasteiger partial charge < -0.3 is 10.3 Å². The van der Waals surface area contributed by atoms with E-state index in [1.54, 1.807) is 11.3 Å². The van der Waals surface area contributed by atoms with Crippen LogP contribution in [0.1, 0.15) is 34.7 Å². The lowest BCUT2D eigenvalue weighted by Crippen LogP contribution is -2.16. The molecule has 1 aliphatic rings. The first-order chi connectivity index (χ1) is 12.5. The predicted octanol–water partition coefficient (Wildman–Crippen LogP) is 4.12. The van der Waals surface area contributed by atoms with E-state index in [0.29, 0.717) is 12.2 Å². The van der Waals surface area contributed by atoms with Crippen LogP contribution in [-0.4, -0.2) is 15.9 Å². The number of hydrogen-bond donors (Lipinski definition) is 2. The van der Waals surface area contributed by atoms with Crippen LogP contribution in [0.5, 0.6) is 0 Å². The molecule has 1 aromatic carbocycles. The topological polar surface area (TPSA) is 74.8 Å². The number of hydrogen-bond acceptors (Lipinski definition) is 4. The van der Waals surface area contributed by atoms with Crippen molar-refractivity contribution in [1.82, 2.24) is 9.97 Å². The molecule has 3 aromatic rings. The highest BCUT2D eigenvalue weighted by Crippen LogP contribution is 2.34. The minimum atomic E-state index is -0.0943. The number of carbonyl (C=O) groups is 1. The molecule has 0 fully saturated rings. The number of benzene rings is 1. The molecule has 2 aromatic heterocycles. The van der Waals surface area contributed by atoms with Crippen molar-refractivity contribution in [2.75, 3.05) is 5.32 Å². The number of nitrogens with zero attached hydrogens (tertiary/aromatic N) is 1. The maximum atomic E-state index is 12.4. The van der Waals surface area contributed by atoms with Gasteiger partial charge in [0.2, 0.25) is 5.91 Å². The fourth-order valence-electron chi connectivity index (χ4n) is 3.34. The van der Waals surface area contributed by atoms with E-state index in [9.17, 15) is 9.59 Å². The van der Waals surface area contributed by atoms with Crippen molar-refractivity contribution in [3.63, 3.8) is 0 Å². The summed E-state index contributed by atoms with van der Waals surface area (Å²) in [5.74, 6) is 0.479. The normalized spacial score (nSPS) is 13.2. The molecule has 7 heteroatoms. The summed E-state index contributed by atoms with van der Waals surface area (Å²) in [7, 11) is 0. The van der Waals surface area contributed by atoms with Crippen molar-refractivity contribution in [3.05, 3.63) is 54.9 Å². The van der Waals surface area contributed by atoms with Gasteiger partial charge in [0.05, 0.1) is 5.39 Å². The second kappa shape index (κ2) is 6.96. The van der Waals surface area contributed by atoms with Crippen LogP contribution in [0.4, 0.5) is 5.69 Å². The third-order valence-corrected chi connectivity index (χ3v) is 6.73. The Balaban J connectivity index is 1.46. The largest absolute Gasteiger partial charge is 0.326 e. The standard InChI is InChI=1S/C19H18BrN3O2S/c1-10-9-11(5-6-13(10)20)21-16(24)8-7-15-22-18(25)17-12-3-2-4-14(12)26-19(17)23-15/h5-6,9H,2-4,7-8H2,1H3,(H,21,24)(H,22,23,25). The molecular weight excluding hydrogens is 414 g/mol. The number of carbonyl (C=O) groups excluding carboxylic acids is 1. The molecule has 4 rings (SSSR count). The van der Waals surface area contributed by atoms with Crippen LogP contribution in [0.3, 0.4) is 0 Å². The summed E-state index contributed by atoms with van der Waals surface area (Å²) < 4.78 is 1.01. The van der Waals surface area contributed by atoms with E-state index in [1.165, 1.54) is 10.4 Å². The molecule has 26 heavy (non-hydrogen) atoms. The van der Waals surface area contributed by atoms with E-state index >= 15 is 0 Å². The number of halogens is 1. The minimum absolute atomic E-state index is 0.0756. The summed E-state index contributed by atoms with van der Waals surface area (Å²) in [5, 5.41) is 3.64. The molecule has 0 unspecified atom stereocenters. The number of aromatic nitrogens is 2. The van der Waals surface area contributed by atoms with Crippen LogP contribution in [0.25, 0.3) is 10.2 Å². The number of nitrogens with one attached hydrogen (secondary N) is 2. The first-order valence-electron chi connectivity index (χ1n) is 8.60. The number of anilines is 1. The molecule has 0 aliphatic heterocycles. The zero-order chi connectivity index (χ0) is 18.3. The number of aromatic amines is 1. The summed E-state index contributed by atoms with van der Waals surface area (Å²) in [5.41, 5.74) is 2.93. The minimum Gasteiger partial charge on any atom is -0.326 e. The van der Waals surface area contributed by atoms with Gasteiger partial charge in [-0.3, -0.25) is 9.59 Å². The van der Waals surface area contributed by atoms with Crippen molar-refractivity contribution in [3.8, 4) is 0 Å². The van der Waals surface area contributed by atoms with Crippen LogP contribution in [-0.2, 0) is 24.1 Å². The van der Waals surface area contributed by atoms with E-state index in [4.69, 9.17) is 0 Å². The average molecular weight is 432 g/mol. The van der Waals surface area contributed by atoms with Gasteiger partial charge in [0.15, 0.2) is 0 Å². The third kappa shape index (κ3) is 3.33. The average Bonchev–Trinajstić information content (AvgIpc) is 3.17. The second-order valence-corrected chi connectivity index (χ2v) is 8.50. The van der Waals surface area contributed by atoms with Crippen LogP contribution in [0.15, 0.2) is 27.5 Å². The quantitative estimate of drug-likeness (QED) is 0.652. The Morgan fingerprint density at radius 1 is 1.38 bits per heavy atom. The molecule has 0 bridgehead atoms. The molecule has 1 aliphatic carbocycles. The first-order valence-corrected chi connectivity index (χ1v) is 10.2. The lowest BCUT2D eigenvalue weighted by Gasteiger charge is -2.07. The molecule has 1 amide bonds. The Morgan fingerprint density at radius 3 is 3.04 bits per heavy atom. The van der Waals surface area contributed by atoms with E-state index in [1.807, 2.05) is 25.1 Å². The fraction of sp³-hybridized carbons (Fsp3) is 0.316. The first kappa shape index (κ1) is 17.4. The summed E-state index contributed by atoms with van der Waals surface area (Å²) in [6, 6.07) is 5.68. The number of rotatable bonds is 4. The SMILES string of the molecule is Cc1cc(NC(=O)CCc2nc3sc4c(c3c(=O)[nH]2)CCC4)ccc1Br. The van der Waals surface area contributed by atoms with Crippen molar-refractivity contribution in [2.45, 2.75) is 39.0 Å². The Bertz CT molecular complexity index is 1070. The Hall–Kier alpha value is -1.99. The summed E-state index contributed by atoms with van der Waals surface area (Å²) in [6.07, 6.45) is 3.81. The monoisotopic (exact) mass is 431 g/mol. The number of H-pyrrole nitrogens is 1. The lowest BCUT2D eigenvalue weighted by atomic mass is 10.2. The third-order valence-electron chi connectivity index (χ3n) is 4.65. The van der Waals surface area contributed by atoms with E-state index in [-0.39, 0.29) is 17.9 Å². The van der Waals surface area contributed by atoms with Gasteiger partial charge in [0.25, 0.3) is 5.56 Å². The molecule has 2 heterocycles. The number of thiophene rings is 1. The van der Waals surface area contributed by atoms with Gasteiger partial charge in [0.1, 0.15) is 10.7 Å². The summed E-state index contributed by atoms with van der Waals surface area (Å²) >= 11 is 5.06. The summed E-state index contributed by atoms with van der Waals surface area (Å²) in [6.45, 7) is 1.97. The highest BCUT2D eigenvalue weighted by Gasteiger charge is 2.21. The van der Waals surface area contributed by atoms with Gasteiger partial charge in [-0.05, 0) is 55.5 Å². The molecular formula is C19H18BrN3O2S. The Kier molecular flexibility index (Phi) is 4.67. The van der Waals surface area contributed by atoms with Crippen molar-refractivity contribution in [1.29, 1.82) is 0 Å². The number of fused-ring (bicyclic) bond motifs is 3. The zero-order valence-corrected chi connectivity index (χ0v) is 16.7. The maximum absolute atomic E-state index is 12.4. The van der Waals surface area contributed by atoms with Gasteiger partial charge in [0, 0.05) is 27.9 Å². The van der Waals surface area contributed by atoms with E-state index in [2.05, 4.69) is 31.2 Å². The van der Waals surface area contributed by atoms with Crippen molar-refractivity contribution < 1.29 is 4.79 Å². The lowest BCUT2D eigenvalue weighted by molar-refractivity contribution is -0.116. The van der Waals surface area contributed by atoms with Crippen molar-refractivity contribution >= 4 is 49.1 Å². The predicted molar refractivity (Wildman–Crippen MR) is 108 cm³/mol.